The summed E-state index contributed by atoms with van der Waals surface area (Å²) < 4.78 is 29.8. The number of hydrogen-bond donors (Lipinski definition) is 0. The van der Waals surface area contributed by atoms with Crippen LogP contribution in [0.15, 0.2) is 22.7 Å². The van der Waals surface area contributed by atoms with E-state index < -0.39 is 0 Å². The monoisotopic (exact) mass is 292 g/mol. The number of halogens is 1. The van der Waals surface area contributed by atoms with E-state index in [4.69, 9.17) is 14.0 Å². The molecule has 1 aromatic heterocycles. The summed E-state index contributed by atoms with van der Waals surface area (Å²) >= 11 is 0. The van der Waals surface area contributed by atoms with E-state index in [2.05, 4.69) is 10.1 Å². The molecule has 2 heterocycles. The third-order valence-corrected chi connectivity index (χ3v) is 3.57. The van der Waals surface area contributed by atoms with Gasteiger partial charge in [0.15, 0.2) is 18.2 Å². The van der Waals surface area contributed by atoms with Gasteiger partial charge in [0.05, 0.1) is 0 Å². The Morgan fingerprint density at radius 3 is 2.95 bits per heavy atom. The van der Waals surface area contributed by atoms with Crippen molar-refractivity contribution in [1.82, 2.24) is 10.1 Å². The number of aryl methyl sites for hydroxylation is 1. The Bertz CT molecular complexity index is 609. The number of rotatable bonds is 4. The quantitative estimate of drug-likeness (QED) is 0.867. The molecule has 0 amide bonds. The fourth-order valence-corrected chi connectivity index (χ4v) is 2.31. The molecule has 1 aromatic carbocycles. The predicted octanol–water partition coefficient (Wildman–Crippen LogP) is 2.99. The number of nitrogens with zero attached hydrogens (tertiary/aromatic N) is 2. The average molecular weight is 292 g/mol. The lowest BCUT2D eigenvalue weighted by atomic mass is 10.0. The second kappa shape index (κ2) is 6.22. The molecule has 3 rings (SSSR count). The minimum Gasteiger partial charge on any atom is -0.482 e. The molecule has 112 valence electrons. The summed E-state index contributed by atoms with van der Waals surface area (Å²) in [5.41, 5.74) is 0.545. The van der Waals surface area contributed by atoms with E-state index in [1.54, 1.807) is 25.1 Å². The van der Waals surface area contributed by atoms with Gasteiger partial charge < -0.3 is 14.0 Å². The van der Waals surface area contributed by atoms with E-state index in [1.807, 2.05) is 0 Å². The maximum absolute atomic E-state index is 13.8. The molecule has 0 atom stereocenters. The van der Waals surface area contributed by atoms with E-state index in [-0.39, 0.29) is 24.1 Å². The summed E-state index contributed by atoms with van der Waals surface area (Å²) in [5, 5.41) is 3.88. The van der Waals surface area contributed by atoms with Gasteiger partial charge in [0.25, 0.3) is 0 Å². The Hall–Kier alpha value is -1.95. The zero-order chi connectivity index (χ0) is 14.7. The van der Waals surface area contributed by atoms with Crippen LogP contribution < -0.4 is 4.74 Å². The predicted molar refractivity (Wildman–Crippen MR) is 72.6 cm³/mol. The molecule has 1 saturated heterocycles. The number of benzene rings is 1. The summed E-state index contributed by atoms with van der Waals surface area (Å²) in [6, 6.07) is 5.03. The van der Waals surface area contributed by atoms with Crippen LogP contribution in [0, 0.1) is 12.7 Å². The third-order valence-electron chi connectivity index (χ3n) is 3.57. The van der Waals surface area contributed by atoms with Gasteiger partial charge in [-0.1, -0.05) is 17.3 Å². The van der Waals surface area contributed by atoms with Crippen LogP contribution in [0.3, 0.4) is 0 Å². The molecular formula is C15H17FN2O3. The van der Waals surface area contributed by atoms with Crippen LogP contribution in [0.2, 0.25) is 0 Å². The highest BCUT2D eigenvalue weighted by atomic mass is 19.1. The van der Waals surface area contributed by atoms with Gasteiger partial charge in [0.1, 0.15) is 0 Å². The lowest BCUT2D eigenvalue weighted by molar-refractivity contribution is 0.0778. The molecule has 0 N–H and O–H groups in total. The highest BCUT2D eigenvalue weighted by Gasteiger charge is 2.22. The van der Waals surface area contributed by atoms with Gasteiger partial charge in [-0.25, -0.2) is 4.39 Å². The fourth-order valence-electron chi connectivity index (χ4n) is 2.31. The lowest BCUT2D eigenvalue weighted by Crippen LogP contribution is -2.14. The smallest absolute Gasteiger partial charge is 0.230 e. The lowest BCUT2D eigenvalue weighted by Gasteiger charge is -2.17. The van der Waals surface area contributed by atoms with Crippen molar-refractivity contribution in [1.29, 1.82) is 0 Å². The second-order valence-electron chi connectivity index (χ2n) is 5.11. The molecule has 0 spiro atoms. The van der Waals surface area contributed by atoms with Gasteiger partial charge in [-0.05, 0) is 31.4 Å². The maximum atomic E-state index is 13.8. The van der Waals surface area contributed by atoms with Crippen molar-refractivity contribution in [2.45, 2.75) is 32.3 Å². The third kappa shape index (κ3) is 3.21. The van der Waals surface area contributed by atoms with E-state index in [0.717, 1.165) is 12.8 Å². The first-order valence-electron chi connectivity index (χ1n) is 7.02. The molecule has 6 heteroatoms. The van der Waals surface area contributed by atoms with Crippen LogP contribution in [-0.4, -0.2) is 23.4 Å². The minimum absolute atomic E-state index is 0.0904. The number of ether oxygens (including phenoxy) is 2. The van der Waals surface area contributed by atoms with Crippen LogP contribution in [0.5, 0.6) is 5.75 Å². The summed E-state index contributed by atoms with van der Waals surface area (Å²) in [7, 11) is 0. The standard InChI is InChI=1S/C15H17FN2O3/c1-10-3-2-4-12(14(10)16)20-9-13-17-15(21-18-13)11-5-7-19-8-6-11/h2-4,11H,5-9H2,1H3. The van der Waals surface area contributed by atoms with Crippen LogP contribution in [0.25, 0.3) is 0 Å². The molecule has 0 bridgehead atoms. The summed E-state index contributed by atoms with van der Waals surface area (Å²) in [5.74, 6) is 1.13. The van der Waals surface area contributed by atoms with Crippen LogP contribution in [0.1, 0.15) is 36.0 Å². The minimum atomic E-state index is -0.356. The highest BCUT2D eigenvalue weighted by molar-refractivity contribution is 5.30. The van der Waals surface area contributed by atoms with E-state index in [1.165, 1.54) is 0 Å². The molecule has 0 saturated carbocycles. The first kappa shape index (κ1) is 14.0. The van der Waals surface area contributed by atoms with Crippen molar-refractivity contribution in [3.8, 4) is 5.75 Å². The molecular weight excluding hydrogens is 275 g/mol. The topological polar surface area (TPSA) is 57.4 Å². The van der Waals surface area contributed by atoms with Crippen LogP contribution in [-0.2, 0) is 11.3 Å². The Kier molecular flexibility index (Phi) is 4.15. The zero-order valence-corrected chi connectivity index (χ0v) is 11.8. The van der Waals surface area contributed by atoms with E-state index >= 15 is 0 Å². The molecule has 0 radical (unpaired) electrons. The Balaban J connectivity index is 1.63. The summed E-state index contributed by atoms with van der Waals surface area (Å²) in [6.45, 7) is 3.22. The first-order chi connectivity index (χ1) is 10.2. The molecule has 5 nitrogen and oxygen atoms in total. The summed E-state index contributed by atoms with van der Waals surface area (Å²) in [4.78, 5) is 4.32. The number of hydrogen-bond acceptors (Lipinski definition) is 5. The first-order valence-corrected chi connectivity index (χ1v) is 7.02. The normalized spacial score (nSPS) is 16.1. The van der Waals surface area contributed by atoms with E-state index in [0.29, 0.717) is 30.5 Å². The molecule has 1 aliphatic rings. The Morgan fingerprint density at radius 2 is 2.14 bits per heavy atom. The van der Waals surface area contributed by atoms with Gasteiger partial charge in [-0.2, -0.15) is 4.98 Å². The molecule has 0 unspecified atom stereocenters. The van der Waals surface area contributed by atoms with Crippen molar-refractivity contribution < 1.29 is 18.4 Å². The van der Waals surface area contributed by atoms with Gasteiger partial charge in [-0.15, -0.1) is 0 Å². The average Bonchev–Trinajstić information content (AvgIpc) is 2.99. The van der Waals surface area contributed by atoms with Crippen molar-refractivity contribution in [2.75, 3.05) is 13.2 Å². The largest absolute Gasteiger partial charge is 0.482 e. The molecule has 2 aromatic rings. The maximum Gasteiger partial charge on any atom is 0.230 e. The SMILES string of the molecule is Cc1cccc(OCc2noc(C3CCOCC3)n2)c1F. The summed E-state index contributed by atoms with van der Waals surface area (Å²) in [6.07, 6.45) is 1.77. The molecule has 1 aliphatic heterocycles. The number of aromatic nitrogens is 2. The Labute approximate surface area is 122 Å². The Morgan fingerprint density at radius 1 is 1.33 bits per heavy atom. The van der Waals surface area contributed by atoms with Crippen molar-refractivity contribution in [3.63, 3.8) is 0 Å². The van der Waals surface area contributed by atoms with Gasteiger partial charge in [0, 0.05) is 19.1 Å². The second-order valence-corrected chi connectivity index (χ2v) is 5.11. The van der Waals surface area contributed by atoms with Gasteiger partial charge >= 0.3 is 0 Å². The fraction of sp³-hybridized carbons (Fsp3) is 0.467. The van der Waals surface area contributed by atoms with Crippen molar-refractivity contribution in [3.05, 3.63) is 41.3 Å². The van der Waals surface area contributed by atoms with E-state index in [9.17, 15) is 4.39 Å². The van der Waals surface area contributed by atoms with Crippen molar-refractivity contribution in [2.24, 2.45) is 0 Å². The van der Waals surface area contributed by atoms with Crippen LogP contribution >= 0.6 is 0 Å². The van der Waals surface area contributed by atoms with Crippen LogP contribution in [0.4, 0.5) is 4.39 Å². The zero-order valence-electron chi connectivity index (χ0n) is 11.8. The van der Waals surface area contributed by atoms with Gasteiger partial charge in [0.2, 0.25) is 11.7 Å². The van der Waals surface area contributed by atoms with Crippen molar-refractivity contribution >= 4 is 0 Å². The molecule has 0 aliphatic carbocycles. The molecule has 21 heavy (non-hydrogen) atoms. The molecule has 1 fully saturated rings. The highest BCUT2D eigenvalue weighted by Crippen LogP contribution is 2.25. The van der Waals surface area contributed by atoms with Gasteiger partial charge in [-0.3, -0.25) is 0 Å².